The van der Waals surface area contributed by atoms with Gasteiger partial charge in [-0.1, -0.05) is 346 Å². The van der Waals surface area contributed by atoms with Gasteiger partial charge in [0.05, 0.1) is 100 Å². The summed E-state index contributed by atoms with van der Waals surface area (Å²) in [6.45, 7) is 0. The minimum Gasteiger partial charge on any atom is -0.232 e. The van der Waals surface area contributed by atoms with Gasteiger partial charge in [-0.25, -0.2) is 32.1 Å². The Bertz CT molecular complexity index is 8800. The minimum absolute atomic E-state index is 0.813. The van der Waals surface area contributed by atoms with Crippen LogP contribution in [0, 0.1) is 0 Å². The van der Waals surface area contributed by atoms with Crippen LogP contribution in [0.15, 0.2) is 455 Å². The van der Waals surface area contributed by atoms with E-state index in [1.165, 1.54) is 70.7 Å². The molecule has 0 amide bonds. The monoisotopic (exact) mass is 1640 g/mol. The molecule has 0 fully saturated rings. The van der Waals surface area contributed by atoms with Crippen molar-refractivity contribution in [2.24, 2.45) is 0 Å². The molecule has 0 atom stereocenters. The third-order valence-corrected chi connectivity index (χ3v) is 24.5. The lowest BCUT2D eigenvalue weighted by molar-refractivity contribution is 0.949. The number of rotatable bonds is 9. The van der Waals surface area contributed by atoms with E-state index in [-0.39, 0.29) is 0 Å². The molecule has 0 bridgehead atoms. The summed E-state index contributed by atoms with van der Waals surface area (Å²) in [6.07, 6.45) is 0. The fourth-order valence-electron chi connectivity index (χ4n) is 17.9. The second-order valence-corrected chi connectivity index (χ2v) is 32.3. The van der Waals surface area contributed by atoms with Crippen LogP contribution in [0.5, 0.6) is 0 Å². The van der Waals surface area contributed by atoms with Gasteiger partial charge >= 0.3 is 0 Å². The zero-order chi connectivity index (χ0) is 84.5. The summed E-state index contributed by atoms with van der Waals surface area (Å²) in [7, 11) is 0. The Morgan fingerprint density at radius 1 is 0.148 bits per heavy atom. The summed E-state index contributed by atoms with van der Waals surface area (Å²) in [4.78, 5) is 5.03. The molecule has 13 heteroatoms. The van der Waals surface area contributed by atoms with Crippen LogP contribution < -0.4 is 0 Å². The molecule has 0 saturated carbocycles. The van der Waals surface area contributed by atoms with Crippen molar-refractivity contribution in [1.29, 1.82) is 0 Å². The fourth-order valence-corrected chi connectivity index (χ4v) is 17.9. The van der Waals surface area contributed by atoms with Crippen molar-refractivity contribution in [3.05, 3.63) is 455 Å². The average molecular weight is 1640 g/mol. The number of fused-ring (bicyclic) bond motifs is 20. The third kappa shape index (κ3) is 13.7. The van der Waals surface area contributed by atoms with Crippen LogP contribution in [0.3, 0.4) is 0 Å². The highest BCUT2D eigenvalue weighted by atomic mass is 15.3. The Kier molecular flexibility index (Phi) is 18.2. The van der Waals surface area contributed by atoms with E-state index in [9.17, 15) is 0 Å². The van der Waals surface area contributed by atoms with Crippen molar-refractivity contribution in [2.45, 2.75) is 0 Å². The summed E-state index contributed by atoms with van der Waals surface area (Å²) in [5, 5.41) is 41.5. The zero-order valence-corrected chi connectivity index (χ0v) is 69.1. The molecule has 15 aromatic carbocycles. The largest absolute Gasteiger partial charge is 0.232 e. The Hall–Kier alpha value is -17.6. The van der Waals surface area contributed by atoms with Gasteiger partial charge in [-0.2, -0.15) is 30.6 Å². The van der Waals surface area contributed by atoms with Crippen LogP contribution in [0.25, 0.3) is 221 Å². The molecular weight excluding hydrogens is 1560 g/mol. The van der Waals surface area contributed by atoms with Gasteiger partial charge in [-0.3, -0.25) is 0 Å². The second kappa shape index (κ2) is 31.4. The first kappa shape index (κ1) is 74.3. The number of pyridine rings is 5. The zero-order valence-electron chi connectivity index (χ0n) is 69.1. The SMILES string of the molecule is c1ccc(-c2cc3c4ccccc4nc(-c4ccc(-c5cc6ccc7ccccc7n6n5)cc4)n3n2)cc1.c1ccc2c(-c3ccc(-c4cc5ccc6ccccc6n5n4)cc3)cccc2c1.c1ccc2c(c1)ccc1cc(-c3ccc(-c4cc5ccc6ccccc6n5n4)cc3)nn12.c1ccc2cc(-c3ccc(-c4cc5ccc6ccccc6n5n4)cc3)ccc2c1. The van der Waals surface area contributed by atoms with E-state index in [2.05, 4.69) is 419 Å². The smallest absolute Gasteiger partial charge is 0.161 e. The van der Waals surface area contributed by atoms with Gasteiger partial charge in [0.25, 0.3) is 0 Å². The first-order valence-electron chi connectivity index (χ1n) is 43.0. The second-order valence-electron chi connectivity index (χ2n) is 32.3. The number of nitrogens with zero attached hydrogens (tertiary/aromatic N) is 13. The van der Waals surface area contributed by atoms with Crippen molar-refractivity contribution in [3.63, 3.8) is 0 Å². The maximum absolute atomic E-state index is 5.03. The summed E-state index contributed by atoms with van der Waals surface area (Å²) >= 11 is 0. The van der Waals surface area contributed by atoms with Crippen LogP contribution in [-0.2, 0) is 0 Å². The van der Waals surface area contributed by atoms with Crippen molar-refractivity contribution in [1.82, 2.24) is 62.7 Å². The van der Waals surface area contributed by atoms with Gasteiger partial charge in [0.15, 0.2) is 5.82 Å². The Morgan fingerprint density at radius 3 is 0.859 bits per heavy atom. The van der Waals surface area contributed by atoms with E-state index in [4.69, 9.17) is 35.6 Å². The molecule has 128 heavy (non-hydrogen) atoms. The van der Waals surface area contributed by atoms with E-state index in [1.807, 2.05) is 63.5 Å². The molecule has 0 aliphatic heterocycles. The van der Waals surface area contributed by atoms with Crippen LogP contribution in [0.4, 0.5) is 0 Å². The normalized spacial score (nSPS) is 11.6. The van der Waals surface area contributed by atoms with Gasteiger partial charge < -0.3 is 0 Å². The molecular formula is C115H75N13. The maximum Gasteiger partial charge on any atom is 0.161 e. The van der Waals surface area contributed by atoms with Gasteiger partial charge in [0, 0.05) is 71.3 Å². The van der Waals surface area contributed by atoms with E-state index in [1.54, 1.807) is 0 Å². The summed E-state index contributed by atoms with van der Waals surface area (Å²) in [6, 6.07) is 159. The van der Waals surface area contributed by atoms with Crippen molar-refractivity contribution >= 4 is 120 Å². The molecule has 12 aromatic heterocycles. The molecule has 13 nitrogen and oxygen atoms in total. The number of hydrogen-bond acceptors (Lipinski definition) is 7. The minimum atomic E-state index is 0.813. The van der Waals surface area contributed by atoms with Crippen molar-refractivity contribution in [3.8, 4) is 101 Å². The van der Waals surface area contributed by atoms with Crippen LogP contribution >= 0.6 is 0 Å². The molecule has 0 unspecified atom stereocenters. The van der Waals surface area contributed by atoms with Crippen molar-refractivity contribution < 1.29 is 0 Å². The average Bonchev–Trinajstić information content (AvgIpc) is 1.55. The van der Waals surface area contributed by atoms with Crippen molar-refractivity contribution in [2.75, 3.05) is 0 Å². The predicted molar refractivity (Wildman–Crippen MR) is 525 cm³/mol. The lowest BCUT2D eigenvalue weighted by Gasteiger charge is -2.08. The number of hydrogen-bond donors (Lipinski definition) is 0. The van der Waals surface area contributed by atoms with Gasteiger partial charge in [0.2, 0.25) is 0 Å². The van der Waals surface area contributed by atoms with Gasteiger partial charge in [-0.15, -0.1) is 0 Å². The third-order valence-electron chi connectivity index (χ3n) is 24.5. The molecule has 0 N–H and O–H groups in total. The Balaban J connectivity index is 0.0000000956. The summed E-state index contributed by atoms with van der Waals surface area (Å²) in [5.74, 6) is 0.813. The lowest BCUT2D eigenvalue weighted by Crippen LogP contribution is -1.99. The highest BCUT2D eigenvalue weighted by molar-refractivity contribution is 5.99. The van der Waals surface area contributed by atoms with Crippen LogP contribution in [0.1, 0.15) is 0 Å². The van der Waals surface area contributed by atoms with Gasteiger partial charge in [-0.05, 0) is 153 Å². The highest BCUT2D eigenvalue weighted by Crippen LogP contribution is 2.37. The van der Waals surface area contributed by atoms with E-state index >= 15 is 0 Å². The standard InChI is InChI=1S/C33H21N5.C28H18N4.2C27H18N2/c1-2-8-22(9-3-1)30-21-32-27-11-5-6-12-28(27)34-33(38(32)36-30)25-16-14-23(15-17-25)29-20-26-19-18-24-10-4-7-13-31(24)37(26)35-29;1-3-7-27-21(5-1)13-15-23-17-25(29-31(23)27)19-9-11-20(12-10-19)26-18-24-16-14-22-6-2-4-8-28(22)32(24)30-26;1-3-9-24-19(6-1)8-5-10-25(24)20-12-14-21(15-13-20)26-18-23-17-16-22-7-2-4-11-27(22)29(23)28-26;1-2-7-23-17-24(14-11-19(23)5-1)20-9-12-21(13-10-20)26-18-25-16-15-22-6-3-4-8-27(22)29(25)28-26/h1-21H;1-18H;2*1-18H. The summed E-state index contributed by atoms with van der Waals surface area (Å²) < 4.78 is 12.1. The molecule has 0 aliphatic carbocycles. The molecule has 600 valence electrons. The molecule has 0 radical (unpaired) electrons. The van der Waals surface area contributed by atoms with E-state index in [0.29, 0.717) is 0 Å². The molecule has 0 saturated heterocycles. The quantitative estimate of drug-likeness (QED) is 0.141. The maximum atomic E-state index is 5.03. The molecule has 27 aromatic rings. The summed E-state index contributed by atoms with van der Waals surface area (Å²) in [5.41, 5.74) is 31.4. The lowest BCUT2D eigenvalue weighted by atomic mass is 9.97. The number of para-hydroxylation sites is 6. The molecule has 0 spiro atoms. The first-order chi connectivity index (χ1) is 63.4. The number of benzene rings is 15. The van der Waals surface area contributed by atoms with E-state index in [0.717, 1.165) is 151 Å². The van der Waals surface area contributed by atoms with Crippen LogP contribution in [-0.4, -0.2) is 62.7 Å². The number of aromatic nitrogens is 13. The van der Waals surface area contributed by atoms with Gasteiger partial charge in [0.1, 0.15) is 0 Å². The molecule has 0 aliphatic rings. The van der Waals surface area contributed by atoms with E-state index < -0.39 is 0 Å². The molecule has 12 heterocycles. The van der Waals surface area contributed by atoms with Crippen LogP contribution in [0.2, 0.25) is 0 Å². The predicted octanol–water partition coefficient (Wildman–Crippen LogP) is 28.3. The first-order valence-corrected chi connectivity index (χ1v) is 43.0. The fraction of sp³-hybridized carbons (Fsp3) is 0. The Morgan fingerprint density at radius 2 is 0.438 bits per heavy atom. The Labute approximate surface area is 734 Å². The highest BCUT2D eigenvalue weighted by Gasteiger charge is 2.19. The molecule has 27 rings (SSSR count). The topological polar surface area (TPSA) is 117 Å².